The minimum Gasteiger partial charge on any atom is -0.369 e. The van der Waals surface area contributed by atoms with Gasteiger partial charge in [0.1, 0.15) is 5.82 Å². The molecule has 2 nitrogen and oxygen atoms in total. The molecule has 1 fully saturated rings. The maximum atomic E-state index is 14.1. The summed E-state index contributed by atoms with van der Waals surface area (Å²) in [5.74, 6) is -0.0904. The zero-order chi connectivity index (χ0) is 13.8. The normalized spacial score (nSPS) is 16.4. The van der Waals surface area contributed by atoms with Crippen molar-refractivity contribution in [2.45, 2.75) is 58.7 Å². The van der Waals surface area contributed by atoms with Gasteiger partial charge < -0.3 is 10.2 Å². The molecule has 19 heavy (non-hydrogen) atoms. The molecule has 1 aromatic rings. The van der Waals surface area contributed by atoms with Crippen LogP contribution < -0.4 is 10.2 Å². The van der Waals surface area contributed by atoms with Crippen LogP contribution in [0.15, 0.2) is 18.2 Å². The van der Waals surface area contributed by atoms with Crippen molar-refractivity contribution >= 4 is 5.69 Å². The van der Waals surface area contributed by atoms with Crippen LogP contribution in [0.3, 0.4) is 0 Å². The molecule has 0 aliphatic heterocycles. The van der Waals surface area contributed by atoms with Crippen LogP contribution in [-0.4, -0.2) is 18.6 Å². The fourth-order valence-corrected chi connectivity index (χ4v) is 2.47. The molecule has 1 saturated carbocycles. The number of rotatable bonds is 7. The maximum Gasteiger partial charge on any atom is 0.129 e. The molecular formula is C16H25FN2. The Morgan fingerprint density at radius 2 is 2.11 bits per heavy atom. The summed E-state index contributed by atoms with van der Waals surface area (Å²) in [6.45, 7) is 8.06. The highest BCUT2D eigenvalue weighted by Gasteiger charge is 2.23. The van der Waals surface area contributed by atoms with Gasteiger partial charge in [0.25, 0.3) is 0 Å². The predicted molar refractivity (Wildman–Crippen MR) is 79.0 cm³/mol. The molecule has 0 aromatic heterocycles. The van der Waals surface area contributed by atoms with Gasteiger partial charge in [-0.2, -0.15) is 0 Å². The largest absolute Gasteiger partial charge is 0.369 e. The summed E-state index contributed by atoms with van der Waals surface area (Å²) in [4.78, 5) is 2.30. The third-order valence-corrected chi connectivity index (χ3v) is 4.01. The second kappa shape index (κ2) is 6.38. The molecule has 0 saturated heterocycles. The molecule has 0 radical (unpaired) electrons. The molecule has 0 bridgehead atoms. The van der Waals surface area contributed by atoms with E-state index < -0.39 is 0 Å². The third-order valence-electron chi connectivity index (χ3n) is 4.01. The van der Waals surface area contributed by atoms with Crippen molar-refractivity contribution in [3.8, 4) is 0 Å². The highest BCUT2D eigenvalue weighted by molar-refractivity contribution is 5.55. The number of nitrogens with one attached hydrogen (secondary N) is 1. The molecule has 0 spiro atoms. The number of anilines is 1. The molecule has 1 aliphatic carbocycles. The second-order valence-electron chi connectivity index (χ2n) is 5.44. The van der Waals surface area contributed by atoms with E-state index in [1.165, 1.54) is 12.8 Å². The Labute approximate surface area is 116 Å². The van der Waals surface area contributed by atoms with Crippen molar-refractivity contribution in [2.24, 2.45) is 0 Å². The van der Waals surface area contributed by atoms with Crippen LogP contribution in [0.4, 0.5) is 10.1 Å². The quantitative estimate of drug-likeness (QED) is 0.807. The molecule has 0 heterocycles. The second-order valence-corrected chi connectivity index (χ2v) is 5.44. The number of hydrogen-bond donors (Lipinski definition) is 1. The number of halogens is 1. The first kappa shape index (κ1) is 14.3. The predicted octanol–water partition coefficient (Wildman–Crippen LogP) is 3.70. The Bertz CT molecular complexity index is 415. The summed E-state index contributed by atoms with van der Waals surface area (Å²) in [6.07, 6.45) is 3.53. The molecular weight excluding hydrogens is 239 g/mol. The molecule has 1 unspecified atom stereocenters. The van der Waals surface area contributed by atoms with Crippen molar-refractivity contribution in [3.63, 3.8) is 0 Å². The molecule has 1 N–H and O–H groups in total. The van der Waals surface area contributed by atoms with Crippen LogP contribution in [0, 0.1) is 5.82 Å². The minimum atomic E-state index is -0.0904. The first-order valence-electron chi connectivity index (χ1n) is 7.44. The topological polar surface area (TPSA) is 15.3 Å². The maximum absolute atomic E-state index is 14.1. The SMILES string of the molecule is CCC(C)N(CC)c1cccc(F)c1CNC1CC1. The summed E-state index contributed by atoms with van der Waals surface area (Å²) in [6, 6.07) is 6.47. The Morgan fingerprint density at radius 3 is 2.68 bits per heavy atom. The van der Waals surface area contributed by atoms with Gasteiger partial charge in [0, 0.05) is 36.4 Å². The molecule has 1 aliphatic rings. The van der Waals surface area contributed by atoms with Gasteiger partial charge in [-0.25, -0.2) is 4.39 Å². The lowest BCUT2D eigenvalue weighted by Gasteiger charge is -2.31. The van der Waals surface area contributed by atoms with Gasteiger partial charge in [0.15, 0.2) is 0 Å². The van der Waals surface area contributed by atoms with Crippen molar-refractivity contribution in [3.05, 3.63) is 29.6 Å². The monoisotopic (exact) mass is 264 g/mol. The van der Waals surface area contributed by atoms with Crippen LogP contribution in [0.5, 0.6) is 0 Å². The lowest BCUT2D eigenvalue weighted by atomic mass is 10.1. The number of hydrogen-bond acceptors (Lipinski definition) is 2. The van der Waals surface area contributed by atoms with Crippen LogP contribution in [0.25, 0.3) is 0 Å². The molecule has 2 rings (SSSR count). The van der Waals surface area contributed by atoms with E-state index in [-0.39, 0.29) is 5.82 Å². The van der Waals surface area contributed by atoms with Crippen LogP contribution in [0.1, 0.15) is 45.6 Å². The van der Waals surface area contributed by atoms with Crippen LogP contribution >= 0.6 is 0 Å². The van der Waals surface area contributed by atoms with Crippen molar-refractivity contribution in [1.29, 1.82) is 0 Å². The van der Waals surface area contributed by atoms with Gasteiger partial charge in [-0.3, -0.25) is 0 Å². The molecule has 106 valence electrons. The summed E-state index contributed by atoms with van der Waals surface area (Å²) < 4.78 is 14.1. The fourth-order valence-electron chi connectivity index (χ4n) is 2.47. The average Bonchev–Trinajstić information content (AvgIpc) is 3.22. The third kappa shape index (κ3) is 3.47. The zero-order valence-corrected chi connectivity index (χ0v) is 12.2. The lowest BCUT2D eigenvalue weighted by Crippen LogP contribution is -2.34. The van der Waals surface area contributed by atoms with Crippen molar-refractivity contribution in [1.82, 2.24) is 5.32 Å². The first-order chi connectivity index (χ1) is 9.17. The Morgan fingerprint density at radius 1 is 1.37 bits per heavy atom. The van der Waals surface area contributed by atoms with E-state index >= 15 is 0 Å². The molecule has 3 heteroatoms. The van der Waals surface area contributed by atoms with E-state index in [4.69, 9.17) is 0 Å². The highest BCUT2D eigenvalue weighted by Crippen LogP contribution is 2.27. The van der Waals surface area contributed by atoms with Gasteiger partial charge in [-0.1, -0.05) is 13.0 Å². The molecule has 1 aromatic carbocycles. The Balaban J connectivity index is 2.23. The van der Waals surface area contributed by atoms with Crippen LogP contribution in [-0.2, 0) is 6.54 Å². The lowest BCUT2D eigenvalue weighted by molar-refractivity contribution is 0.575. The smallest absolute Gasteiger partial charge is 0.129 e. The van der Waals surface area contributed by atoms with E-state index in [2.05, 4.69) is 31.0 Å². The number of benzene rings is 1. The minimum absolute atomic E-state index is 0.0904. The van der Waals surface area contributed by atoms with Gasteiger partial charge >= 0.3 is 0 Å². The Kier molecular flexibility index (Phi) is 4.81. The van der Waals surface area contributed by atoms with E-state index in [1.807, 2.05) is 12.1 Å². The van der Waals surface area contributed by atoms with E-state index in [0.717, 1.165) is 24.2 Å². The van der Waals surface area contributed by atoms with Crippen LogP contribution in [0.2, 0.25) is 0 Å². The molecule has 0 amide bonds. The highest BCUT2D eigenvalue weighted by atomic mass is 19.1. The van der Waals surface area contributed by atoms with Gasteiger partial charge in [-0.15, -0.1) is 0 Å². The van der Waals surface area contributed by atoms with E-state index in [1.54, 1.807) is 6.07 Å². The van der Waals surface area contributed by atoms with Crippen molar-refractivity contribution < 1.29 is 4.39 Å². The Hall–Kier alpha value is -1.09. The first-order valence-corrected chi connectivity index (χ1v) is 7.44. The van der Waals surface area contributed by atoms with Gasteiger partial charge in [0.05, 0.1) is 0 Å². The zero-order valence-electron chi connectivity index (χ0n) is 12.2. The van der Waals surface area contributed by atoms with E-state index in [0.29, 0.717) is 18.6 Å². The van der Waals surface area contributed by atoms with E-state index in [9.17, 15) is 4.39 Å². The van der Waals surface area contributed by atoms with Crippen molar-refractivity contribution in [2.75, 3.05) is 11.4 Å². The summed E-state index contributed by atoms with van der Waals surface area (Å²) in [7, 11) is 0. The summed E-state index contributed by atoms with van der Waals surface area (Å²) >= 11 is 0. The average molecular weight is 264 g/mol. The fraction of sp³-hybridized carbons (Fsp3) is 0.625. The summed E-state index contributed by atoms with van der Waals surface area (Å²) in [5.41, 5.74) is 1.86. The molecule has 1 atom stereocenters. The summed E-state index contributed by atoms with van der Waals surface area (Å²) in [5, 5.41) is 3.42. The van der Waals surface area contributed by atoms with Gasteiger partial charge in [-0.05, 0) is 45.2 Å². The van der Waals surface area contributed by atoms with Gasteiger partial charge in [0.2, 0.25) is 0 Å². The standard InChI is InChI=1S/C16H25FN2/c1-4-12(3)19(5-2)16-8-6-7-15(17)14(16)11-18-13-9-10-13/h6-8,12-13,18H,4-5,9-11H2,1-3H3. The number of nitrogens with zero attached hydrogens (tertiary/aromatic N) is 1.